The molecule has 2 fully saturated rings. The fourth-order valence-electron chi connectivity index (χ4n) is 5.00. The van der Waals surface area contributed by atoms with E-state index in [9.17, 15) is 4.79 Å². The first-order valence-electron chi connectivity index (χ1n) is 13.4. The van der Waals surface area contributed by atoms with Crippen LogP contribution in [0.2, 0.25) is 20.1 Å². The summed E-state index contributed by atoms with van der Waals surface area (Å²) in [6.45, 7) is 6.13. The summed E-state index contributed by atoms with van der Waals surface area (Å²) in [4.78, 5) is 23.5. The first-order valence-corrected chi connectivity index (χ1v) is 15.7. The molecule has 2 heterocycles. The second-order valence-electron chi connectivity index (χ2n) is 10.6. The molecule has 40 heavy (non-hydrogen) atoms. The average Bonchev–Trinajstić information content (AvgIpc) is 3.48. The largest absolute Gasteiger partial charge is 0.485 e. The first kappa shape index (κ1) is 29.7. The fourth-order valence-corrected chi connectivity index (χ4v) is 7.05. The fraction of sp³-hybridized carbons (Fsp3) is 0.448. The minimum atomic E-state index is -0.337. The van der Waals surface area contributed by atoms with Gasteiger partial charge in [-0.15, -0.1) is 11.3 Å². The third-order valence-corrected chi connectivity index (χ3v) is 10.3. The molecule has 2 aromatic carbocycles. The summed E-state index contributed by atoms with van der Waals surface area (Å²) in [6.07, 6.45) is 5.16. The molecule has 214 valence electrons. The van der Waals surface area contributed by atoms with Crippen LogP contribution < -0.4 is 15.4 Å². The van der Waals surface area contributed by atoms with Crippen molar-refractivity contribution in [2.24, 2.45) is 11.7 Å². The number of nitrogens with zero attached hydrogens (tertiary/aromatic N) is 3. The lowest BCUT2D eigenvalue weighted by Crippen LogP contribution is -2.41. The molecule has 1 aliphatic carbocycles. The molecule has 3 aromatic rings. The monoisotopic (exact) mass is 640 g/mol. The van der Waals surface area contributed by atoms with E-state index in [4.69, 9.17) is 56.9 Å². The number of hydrogen-bond donors (Lipinski definition) is 1. The summed E-state index contributed by atoms with van der Waals surface area (Å²) in [6, 6.07) is 7.63. The van der Waals surface area contributed by atoms with Crippen molar-refractivity contribution in [3.63, 3.8) is 0 Å². The Morgan fingerprint density at radius 2 is 1.95 bits per heavy atom. The Morgan fingerprint density at radius 3 is 2.67 bits per heavy atom. The maximum atomic E-state index is 13.6. The third-order valence-electron chi connectivity index (χ3n) is 7.65. The van der Waals surface area contributed by atoms with Gasteiger partial charge in [0.25, 0.3) is 0 Å². The summed E-state index contributed by atoms with van der Waals surface area (Å²) in [7, 11) is 0. The van der Waals surface area contributed by atoms with Gasteiger partial charge in [0.05, 0.1) is 32.6 Å². The molecule has 11 heteroatoms. The Labute approximate surface area is 259 Å². The predicted octanol–water partition coefficient (Wildman–Crippen LogP) is 7.34. The van der Waals surface area contributed by atoms with Crippen molar-refractivity contribution in [2.75, 3.05) is 24.5 Å². The number of nitrogens with two attached hydrogens (primary N) is 1. The first-order chi connectivity index (χ1) is 19.2. The number of thiazole rings is 1. The van der Waals surface area contributed by atoms with Crippen LogP contribution in [-0.4, -0.2) is 47.6 Å². The van der Waals surface area contributed by atoms with Crippen molar-refractivity contribution in [3.05, 3.63) is 72.1 Å². The van der Waals surface area contributed by atoms with Crippen LogP contribution in [0, 0.1) is 19.8 Å². The predicted molar refractivity (Wildman–Crippen MR) is 166 cm³/mol. The third kappa shape index (κ3) is 6.50. The number of rotatable bonds is 10. The molecule has 2 unspecified atom stereocenters. The Bertz CT molecular complexity index is 1400. The number of carbonyl (C=O) groups is 1. The van der Waals surface area contributed by atoms with Crippen LogP contribution in [-0.2, 0) is 17.8 Å². The lowest BCUT2D eigenvalue weighted by atomic mass is 10.0. The zero-order valence-electron chi connectivity index (χ0n) is 22.4. The van der Waals surface area contributed by atoms with Gasteiger partial charge >= 0.3 is 0 Å². The Balaban J connectivity index is 1.22. The van der Waals surface area contributed by atoms with Gasteiger partial charge in [0, 0.05) is 43.2 Å². The van der Waals surface area contributed by atoms with Gasteiger partial charge in [0.15, 0.2) is 10.9 Å². The van der Waals surface area contributed by atoms with Crippen molar-refractivity contribution in [1.82, 2.24) is 9.88 Å². The van der Waals surface area contributed by atoms with Crippen molar-refractivity contribution >= 4 is 68.8 Å². The second-order valence-corrected chi connectivity index (χ2v) is 13.2. The van der Waals surface area contributed by atoms with Gasteiger partial charge in [0.2, 0.25) is 5.91 Å². The number of hydrogen-bond acceptors (Lipinski definition) is 6. The van der Waals surface area contributed by atoms with Crippen LogP contribution in [0.5, 0.6) is 5.75 Å². The van der Waals surface area contributed by atoms with Gasteiger partial charge in [-0.25, -0.2) is 4.98 Å². The summed E-state index contributed by atoms with van der Waals surface area (Å²) in [5, 5.41) is 2.98. The van der Waals surface area contributed by atoms with E-state index in [1.807, 2.05) is 43.1 Å². The molecule has 6 nitrogen and oxygen atoms in total. The quantitative estimate of drug-likeness (QED) is 0.251. The molecular weight excluding hydrogens is 610 g/mol. The molecule has 1 aliphatic heterocycles. The zero-order valence-corrected chi connectivity index (χ0v) is 26.3. The number of aryl methyl sites for hydroxylation is 1. The van der Waals surface area contributed by atoms with Gasteiger partial charge in [-0.1, -0.05) is 58.5 Å². The van der Waals surface area contributed by atoms with E-state index >= 15 is 0 Å². The van der Waals surface area contributed by atoms with E-state index in [1.54, 1.807) is 17.4 Å². The van der Waals surface area contributed by atoms with Crippen molar-refractivity contribution < 1.29 is 9.53 Å². The van der Waals surface area contributed by atoms with Crippen LogP contribution in [0.4, 0.5) is 5.13 Å². The Kier molecular flexibility index (Phi) is 9.40. The van der Waals surface area contributed by atoms with E-state index in [-0.39, 0.29) is 30.5 Å². The molecule has 1 saturated carbocycles. The topological polar surface area (TPSA) is 71.7 Å². The number of anilines is 1. The van der Waals surface area contributed by atoms with Gasteiger partial charge in [-0.2, -0.15) is 0 Å². The summed E-state index contributed by atoms with van der Waals surface area (Å²) < 4.78 is 6.25. The van der Waals surface area contributed by atoms with E-state index in [0.29, 0.717) is 45.4 Å². The molecule has 1 saturated heterocycles. The van der Waals surface area contributed by atoms with Crippen LogP contribution >= 0.6 is 57.7 Å². The van der Waals surface area contributed by atoms with Crippen molar-refractivity contribution in [3.8, 4) is 5.75 Å². The van der Waals surface area contributed by atoms with E-state index in [1.165, 1.54) is 0 Å². The molecule has 5 rings (SSSR count). The summed E-state index contributed by atoms with van der Waals surface area (Å²) >= 11 is 27.2. The highest BCUT2D eigenvalue weighted by atomic mass is 35.5. The lowest BCUT2D eigenvalue weighted by Gasteiger charge is -2.27. The molecule has 1 amide bonds. The summed E-state index contributed by atoms with van der Waals surface area (Å²) in [5.41, 5.74) is 8.99. The number of halogens is 4. The number of carbonyl (C=O) groups excluding carboxylic acids is 1. The van der Waals surface area contributed by atoms with E-state index in [2.05, 4.69) is 9.88 Å². The van der Waals surface area contributed by atoms with Gasteiger partial charge in [-0.05, 0) is 61.9 Å². The standard InChI is InChI=1S/C29H32Cl4N4O2S/c1-16-10-24(31)27(25(32)17(16)2)39-21-8-9-36(15-21)29-35-13-22(40-29)11-19(12-34)28(38)37(20-6-7-20)14-18-4-3-5-23(30)26(18)33/h3-5,10,13,19-21H,6-9,11-12,14-15,34H2,1-2H3. The molecule has 1 aromatic heterocycles. The van der Waals surface area contributed by atoms with E-state index < -0.39 is 0 Å². The van der Waals surface area contributed by atoms with Crippen LogP contribution in [0.3, 0.4) is 0 Å². The van der Waals surface area contributed by atoms with Gasteiger partial charge in [0.1, 0.15) is 6.10 Å². The lowest BCUT2D eigenvalue weighted by molar-refractivity contribution is -0.136. The normalized spacial score (nSPS) is 17.8. The number of ether oxygens (including phenoxy) is 1. The number of amides is 1. The minimum absolute atomic E-state index is 0.0479. The number of aromatic nitrogens is 1. The SMILES string of the molecule is Cc1cc(Cl)c(OC2CCN(c3ncc(CC(CN)C(=O)N(Cc4cccc(Cl)c4Cl)C4CC4)s3)C2)c(Cl)c1C. The maximum Gasteiger partial charge on any atom is 0.227 e. The van der Waals surface area contributed by atoms with Gasteiger partial charge in [-0.3, -0.25) is 4.79 Å². The Morgan fingerprint density at radius 1 is 1.18 bits per heavy atom. The van der Waals surface area contributed by atoms with Gasteiger partial charge < -0.3 is 20.3 Å². The molecule has 0 radical (unpaired) electrons. The van der Waals surface area contributed by atoms with Crippen molar-refractivity contribution in [1.29, 1.82) is 0 Å². The van der Waals surface area contributed by atoms with Crippen LogP contribution in [0.25, 0.3) is 0 Å². The van der Waals surface area contributed by atoms with Crippen LogP contribution in [0.1, 0.15) is 40.8 Å². The minimum Gasteiger partial charge on any atom is -0.485 e. The Hall–Kier alpha value is -1.74. The van der Waals surface area contributed by atoms with E-state index in [0.717, 1.165) is 52.5 Å². The molecule has 2 atom stereocenters. The highest BCUT2D eigenvalue weighted by molar-refractivity contribution is 7.15. The van der Waals surface area contributed by atoms with Crippen molar-refractivity contribution in [2.45, 2.75) is 58.2 Å². The molecule has 2 aliphatic rings. The zero-order chi connectivity index (χ0) is 28.6. The smallest absolute Gasteiger partial charge is 0.227 e. The van der Waals surface area contributed by atoms with Crippen LogP contribution in [0.15, 0.2) is 30.5 Å². The molecule has 0 spiro atoms. The number of benzene rings is 2. The maximum absolute atomic E-state index is 13.6. The summed E-state index contributed by atoms with van der Waals surface area (Å²) in [5.74, 6) is 0.255. The highest BCUT2D eigenvalue weighted by Crippen LogP contribution is 2.39. The molecular formula is C29H32Cl4N4O2S. The average molecular weight is 642 g/mol. The molecule has 0 bridgehead atoms. The highest BCUT2D eigenvalue weighted by Gasteiger charge is 2.36. The second kappa shape index (κ2) is 12.6. The molecule has 2 N–H and O–H groups in total.